The summed E-state index contributed by atoms with van der Waals surface area (Å²) in [5, 5.41) is 17.3. The molecule has 2 aromatic carbocycles. The molecule has 0 unspecified atom stereocenters. The Morgan fingerprint density at radius 2 is 1.88 bits per heavy atom. The summed E-state index contributed by atoms with van der Waals surface area (Å²) in [5.41, 5.74) is 4.11. The maximum absolute atomic E-state index is 11.8. The third-order valence-electron chi connectivity index (χ3n) is 3.28. The van der Waals surface area contributed by atoms with Gasteiger partial charge in [0, 0.05) is 22.8 Å². The van der Waals surface area contributed by atoms with Gasteiger partial charge in [0.2, 0.25) is 11.8 Å². The molecule has 2 rings (SSSR count). The second-order valence-corrected chi connectivity index (χ2v) is 5.74. The van der Waals surface area contributed by atoms with Gasteiger partial charge >= 0.3 is 0 Å². The molecular formula is C17H15ClN4O4. The van der Waals surface area contributed by atoms with Crippen LogP contribution in [0.25, 0.3) is 0 Å². The highest BCUT2D eigenvalue weighted by atomic mass is 35.5. The van der Waals surface area contributed by atoms with Gasteiger partial charge in [-0.1, -0.05) is 17.7 Å². The van der Waals surface area contributed by atoms with Crippen LogP contribution < -0.4 is 10.7 Å². The average Bonchev–Trinajstić information content (AvgIpc) is 2.58. The number of nitrogens with one attached hydrogen (secondary N) is 2. The van der Waals surface area contributed by atoms with Crippen molar-refractivity contribution in [2.45, 2.75) is 13.3 Å². The van der Waals surface area contributed by atoms with Crippen LogP contribution >= 0.6 is 11.6 Å². The number of benzene rings is 2. The van der Waals surface area contributed by atoms with Crippen molar-refractivity contribution in [3.05, 3.63) is 68.7 Å². The van der Waals surface area contributed by atoms with E-state index in [2.05, 4.69) is 15.8 Å². The Balaban J connectivity index is 1.82. The molecule has 2 amide bonds. The molecule has 26 heavy (non-hydrogen) atoms. The van der Waals surface area contributed by atoms with Crippen molar-refractivity contribution >= 4 is 41.0 Å². The Kier molecular flexibility index (Phi) is 6.40. The monoisotopic (exact) mass is 374 g/mol. The van der Waals surface area contributed by atoms with E-state index < -0.39 is 23.2 Å². The second kappa shape index (κ2) is 8.72. The molecule has 0 radical (unpaired) electrons. The maximum atomic E-state index is 11.8. The molecule has 0 fully saturated rings. The van der Waals surface area contributed by atoms with Gasteiger partial charge in [-0.15, -0.1) is 0 Å². The van der Waals surface area contributed by atoms with Crippen LogP contribution in [-0.4, -0.2) is 23.0 Å². The molecular weight excluding hydrogens is 360 g/mol. The first kappa shape index (κ1) is 19.1. The van der Waals surface area contributed by atoms with Crippen molar-refractivity contribution in [2.24, 2.45) is 5.10 Å². The van der Waals surface area contributed by atoms with Gasteiger partial charge < -0.3 is 5.32 Å². The third kappa shape index (κ3) is 5.67. The topological polar surface area (TPSA) is 114 Å². The summed E-state index contributed by atoms with van der Waals surface area (Å²) < 4.78 is 0. The highest BCUT2D eigenvalue weighted by molar-refractivity contribution is 6.31. The van der Waals surface area contributed by atoms with Gasteiger partial charge in [0.15, 0.2) is 0 Å². The van der Waals surface area contributed by atoms with Crippen LogP contribution in [0.15, 0.2) is 47.6 Å². The summed E-state index contributed by atoms with van der Waals surface area (Å²) >= 11 is 5.97. The largest absolute Gasteiger partial charge is 0.326 e. The Morgan fingerprint density at radius 3 is 2.50 bits per heavy atom. The molecule has 0 aliphatic carbocycles. The number of nitro benzene ring substituents is 1. The first-order valence-electron chi connectivity index (χ1n) is 7.47. The fraction of sp³-hybridized carbons (Fsp3) is 0.118. The number of hydrazone groups is 1. The highest BCUT2D eigenvalue weighted by Crippen LogP contribution is 2.20. The van der Waals surface area contributed by atoms with Gasteiger partial charge in [-0.25, -0.2) is 5.43 Å². The van der Waals surface area contributed by atoms with E-state index in [4.69, 9.17) is 11.6 Å². The number of hydrogen-bond donors (Lipinski definition) is 2. The number of carbonyl (C=O) groups is 2. The Bertz CT molecular complexity index is 866. The van der Waals surface area contributed by atoms with Crippen molar-refractivity contribution in [1.29, 1.82) is 0 Å². The summed E-state index contributed by atoms with van der Waals surface area (Å²) in [7, 11) is 0. The van der Waals surface area contributed by atoms with E-state index in [0.29, 0.717) is 16.3 Å². The minimum Gasteiger partial charge on any atom is -0.326 e. The van der Waals surface area contributed by atoms with Gasteiger partial charge in [-0.2, -0.15) is 5.10 Å². The number of hydrogen-bond acceptors (Lipinski definition) is 5. The zero-order valence-electron chi connectivity index (χ0n) is 13.7. The summed E-state index contributed by atoms with van der Waals surface area (Å²) in [6, 6.07) is 10.7. The van der Waals surface area contributed by atoms with E-state index in [1.165, 1.54) is 30.5 Å². The fourth-order valence-corrected chi connectivity index (χ4v) is 2.10. The number of aryl methyl sites for hydroxylation is 1. The van der Waals surface area contributed by atoms with Crippen LogP contribution in [0.5, 0.6) is 0 Å². The van der Waals surface area contributed by atoms with Crippen molar-refractivity contribution in [1.82, 2.24) is 5.43 Å². The molecule has 0 heterocycles. The van der Waals surface area contributed by atoms with E-state index in [0.717, 1.165) is 5.56 Å². The number of halogens is 1. The molecule has 2 N–H and O–H groups in total. The van der Waals surface area contributed by atoms with Gasteiger partial charge in [0.05, 0.1) is 11.1 Å². The van der Waals surface area contributed by atoms with Gasteiger partial charge in [0.25, 0.3) is 5.69 Å². The molecule has 9 heteroatoms. The molecule has 0 aromatic heterocycles. The molecule has 0 aliphatic heterocycles. The van der Waals surface area contributed by atoms with Crippen LogP contribution in [0.1, 0.15) is 17.5 Å². The number of nitro groups is 1. The maximum Gasteiger partial charge on any atom is 0.269 e. The third-order valence-corrected chi connectivity index (χ3v) is 3.69. The van der Waals surface area contributed by atoms with Crippen LogP contribution in [-0.2, 0) is 9.59 Å². The molecule has 134 valence electrons. The van der Waals surface area contributed by atoms with E-state index in [1.807, 2.05) is 6.92 Å². The minimum atomic E-state index is -0.598. The van der Waals surface area contributed by atoms with Crippen molar-refractivity contribution in [3.8, 4) is 0 Å². The molecule has 0 bridgehead atoms. The lowest BCUT2D eigenvalue weighted by Crippen LogP contribution is -2.24. The van der Waals surface area contributed by atoms with Gasteiger partial charge in [0.1, 0.15) is 6.42 Å². The van der Waals surface area contributed by atoms with Crippen molar-refractivity contribution in [3.63, 3.8) is 0 Å². The summed E-state index contributed by atoms with van der Waals surface area (Å²) in [5.74, 6) is -1.10. The van der Waals surface area contributed by atoms with Crippen molar-refractivity contribution in [2.75, 3.05) is 5.32 Å². The number of nitrogens with zero attached hydrogens (tertiary/aromatic N) is 2. The number of non-ortho nitro benzene ring substituents is 1. The second-order valence-electron chi connectivity index (χ2n) is 5.33. The molecule has 0 saturated heterocycles. The van der Waals surface area contributed by atoms with E-state index in [1.54, 1.807) is 18.2 Å². The summed E-state index contributed by atoms with van der Waals surface area (Å²) in [6.07, 6.45) is 0.905. The molecule has 0 aliphatic rings. The molecule has 0 atom stereocenters. The first-order valence-corrected chi connectivity index (χ1v) is 7.85. The van der Waals surface area contributed by atoms with E-state index in [9.17, 15) is 19.7 Å². The van der Waals surface area contributed by atoms with Crippen LogP contribution in [0, 0.1) is 17.0 Å². The van der Waals surface area contributed by atoms with E-state index >= 15 is 0 Å². The Morgan fingerprint density at radius 1 is 1.19 bits per heavy atom. The number of amides is 2. The lowest BCUT2D eigenvalue weighted by molar-refractivity contribution is -0.384. The Hall–Kier alpha value is -3.26. The fourth-order valence-electron chi connectivity index (χ4n) is 1.92. The van der Waals surface area contributed by atoms with Gasteiger partial charge in [-0.3, -0.25) is 19.7 Å². The lowest BCUT2D eigenvalue weighted by Gasteiger charge is -2.06. The van der Waals surface area contributed by atoms with Crippen LogP contribution in [0.4, 0.5) is 11.4 Å². The Labute approximate surface area is 154 Å². The normalized spacial score (nSPS) is 10.5. The van der Waals surface area contributed by atoms with Crippen LogP contribution in [0.3, 0.4) is 0 Å². The SMILES string of the molecule is Cc1ccc(NC(=O)CC(=O)NN=Cc2ccc([N+](=O)[O-])cc2)cc1Cl. The highest BCUT2D eigenvalue weighted by Gasteiger charge is 2.09. The first-order chi connectivity index (χ1) is 12.3. The quantitative estimate of drug-likeness (QED) is 0.350. The molecule has 0 spiro atoms. The summed E-state index contributed by atoms with van der Waals surface area (Å²) in [4.78, 5) is 33.6. The van der Waals surface area contributed by atoms with E-state index in [-0.39, 0.29) is 5.69 Å². The average molecular weight is 375 g/mol. The zero-order valence-corrected chi connectivity index (χ0v) is 14.5. The molecule has 2 aromatic rings. The number of rotatable bonds is 6. The smallest absolute Gasteiger partial charge is 0.269 e. The standard InChI is InChI=1S/C17H15ClN4O4/c1-11-2-5-13(8-15(11)18)20-16(23)9-17(24)21-19-10-12-3-6-14(7-4-12)22(25)26/h2-8,10H,9H2,1H3,(H,20,23)(H,21,24). The van der Waals surface area contributed by atoms with Gasteiger partial charge in [-0.05, 0) is 42.3 Å². The molecule has 8 nitrogen and oxygen atoms in total. The number of anilines is 1. The predicted octanol–water partition coefficient (Wildman–Crippen LogP) is 3.04. The lowest BCUT2D eigenvalue weighted by atomic mass is 10.2. The minimum absolute atomic E-state index is 0.0425. The number of carbonyl (C=O) groups excluding carboxylic acids is 2. The zero-order chi connectivity index (χ0) is 19.1. The predicted molar refractivity (Wildman–Crippen MR) is 98.3 cm³/mol. The van der Waals surface area contributed by atoms with Crippen molar-refractivity contribution < 1.29 is 14.5 Å². The molecule has 0 saturated carbocycles. The summed E-state index contributed by atoms with van der Waals surface area (Å²) in [6.45, 7) is 1.84. The van der Waals surface area contributed by atoms with Crippen LogP contribution in [0.2, 0.25) is 5.02 Å².